The maximum Gasteiger partial charge on any atom is 0.260 e. The van der Waals surface area contributed by atoms with Gasteiger partial charge in [0.15, 0.2) is 5.82 Å². The van der Waals surface area contributed by atoms with Gasteiger partial charge < -0.3 is 15.6 Å². The average molecular weight is 306 g/mol. The molecule has 2 aromatic rings. The summed E-state index contributed by atoms with van der Waals surface area (Å²) in [4.78, 5) is 16.3. The lowest BCUT2D eigenvalue weighted by atomic mass is 10.1. The lowest BCUT2D eigenvalue weighted by Crippen LogP contribution is -2.36. The molecule has 0 fully saturated rings. The molecule has 0 aliphatic heterocycles. The standard InChI is InChI=1S/C14H18N4O2S/c1-9-16-14(20-18-9)10-5-3-4-6-12(10)17-13(19)11(15)7-8-21-2/h3-6,11H,7-8,15H2,1-2H3,(H,17,19)/t11-/m0/s1. The zero-order valence-corrected chi connectivity index (χ0v) is 12.8. The molecule has 0 saturated heterocycles. The fraction of sp³-hybridized carbons (Fsp3) is 0.357. The Labute approximate surface area is 127 Å². The van der Waals surface area contributed by atoms with Crippen LogP contribution in [0.5, 0.6) is 0 Å². The van der Waals surface area contributed by atoms with Crippen molar-refractivity contribution >= 4 is 23.4 Å². The van der Waals surface area contributed by atoms with E-state index in [4.69, 9.17) is 10.3 Å². The van der Waals surface area contributed by atoms with Gasteiger partial charge in [0.2, 0.25) is 5.91 Å². The van der Waals surface area contributed by atoms with Crippen LogP contribution >= 0.6 is 11.8 Å². The van der Waals surface area contributed by atoms with E-state index in [2.05, 4.69) is 15.5 Å². The van der Waals surface area contributed by atoms with Crippen molar-refractivity contribution in [3.05, 3.63) is 30.1 Å². The number of rotatable bonds is 6. The summed E-state index contributed by atoms with van der Waals surface area (Å²) in [5.41, 5.74) is 7.17. The molecular formula is C14H18N4O2S. The van der Waals surface area contributed by atoms with Crippen molar-refractivity contribution in [1.29, 1.82) is 0 Å². The molecule has 0 unspecified atom stereocenters. The van der Waals surface area contributed by atoms with Gasteiger partial charge in [0, 0.05) is 0 Å². The van der Waals surface area contributed by atoms with Crippen molar-refractivity contribution in [1.82, 2.24) is 10.1 Å². The number of carbonyl (C=O) groups is 1. The minimum absolute atomic E-state index is 0.215. The van der Waals surface area contributed by atoms with E-state index >= 15 is 0 Å². The minimum atomic E-state index is -0.532. The number of hydrogen-bond donors (Lipinski definition) is 2. The minimum Gasteiger partial charge on any atom is -0.334 e. The van der Waals surface area contributed by atoms with Gasteiger partial charge in [-0.2, -0.15) is 16.7 Å². The Kier molecular flexibility index (Phi) is 5.35. The molecule has 0 bridgehead atoms. The fourth-order valence-corrected chi connectivity index (χ4v) is 2.28. The highest BCUT2D eigenvalue weighted by Crippen LogP contribution is 2.26. The van der Waals surface area contributed by atoms with E-state index in [0.717, 1.165) is 5.75 Å². The van der Waals surface area contributed by atoms with Crippen LogP contribution in [-0.2, 0) is 4.79 Å². The Balaban J connectivity index is 2.15. The zero-order valence-electron chi connectivity index (χ0n) is 12.0. The first-order valence-corrected chi connectivity index (χ1v) is 7.96. The highest BCUT2D eigenvalue weighted by molar-refractivity contribution is 7.98. The molecule has 1 aromatic heterocycles. The quantitative estimate of drug-likeness (QED) is 0.848. The molecule has 1 heterocycles. The number of carbonyl (C=O) groups excluding carboxylic acids is 1. The number of nitrogens with zero attached hydrogens (tertiary/aromatic N) is 2. The van der Waals surface area contributed by atoms with Crippen molar-refractivity contribution in [2.24, 2.45) is 5.73 Å². The Morgan fingerprint density at radius 2 is 2.24 bits per heavy atom. The van der Waals surface area contributed by atoms with Crippen LogP contribution in [0.4, 0.5) is 5.69 Å². The number of benzene rings is 1. The van der Waals surface area contributed by atoms with E-state index in [-0.39, 0.29) is 5.91 Å². The lowest BCUT2D eigenvalue weighted by Gasteiger charge is -2.13. The fourth-order valence-electron chi connectivity index (χ4n) is 1.79. The first kappa shape index (κ1) is 15.5. The van der Waals surface area contributed by atoms with Crippen molar-refractivity contribution in [2.75, 3.05) is 17.3 Å². The smallest absolute Gasteiger partial charge is 0.260 e. The molecular weight excluding hydrogens is 288 g/mol. The highest BCUT2D eigenvalue weighted by atomic mass is 32.2. The van der Waals surface area contributed by atoms with E-state index < -0.39 is 6.04 Å². The topological polar surface area (TPSA) is 94.0 Å². The van der Waals surface area contributed by atoms with Crippen LogP contribution in [0.3, 0.4) is 0 Å². The Morgan fingerprint density at radius 1 is 1.48 bits per heavy atom. The summed E-state index contributed by atoms with van der Waals surface area (Å²) in [6.45, 7) is 1.74. The van der Waals surface area contributed by atoms with E-state index in [1.54, 1.807) is 24.8 Å². The van der Waals surface area contributed by atoms with E-state index in [9.17, 15) is 4.79 Å². The summed E-state index contributed by atoms with van der Waals surface area (Å²) in [6, 6.07) is 6.74. The van der Waals surface area contributed by atoms with Gasteiger partial charge in [-0.15, -0.1) is 0 Å². The monoisotopic (exact) mass is 306 g/mol. The van der Waals surface area contributed by atoms with Gasteiger partial charge in [-0.05, 0) is 37.5 Å². The second kappa shape index (κ2) is 7.24. The normalized spacial score (nSPS) is 12.1. The summed E-state index contributed by atoms with van der Waals surface area (Å²) >= 11 is 1.66. The van der Waals surface area contributed by atoms with E-state index in [0.29, 0.717) is 29.4 Å². The molecule has 0 radical (unpaired) electrons. The summed E-state index contributed by atoms with van der Waals surface area (Å²) in [6.07, 6.45) is 2.62. The average Bonchev–Trinajstić information content (AvgIpc) is 2.91. The summed E-state index contributed by atoms with van der Waals surface area (Å²) in [5, 5.41) is 6.59. The Morgan fingerprint density at radius 3 is 2.90 bits per heavy atom. The molecule has 1 atom stereocenters. The highest BCUT2D eigenvalue weighted by Gasteiger charge is 2.17. The summed E-state index contributed by atoms with van der Waals surface area (Å²) in [5.74, 6) is 1.55. The number of para-hydroxylation sites is 1. The summed E-state index contributed by atoms with van der Waals surface area (Å²) in [7, 11) is 0. The molecule has 3 N–H and O–H groups in total. The number of nitrogens with two attached hydrogens (primary N) is 1. The number of thioether (sulfide) groups is 1. The van der Waals surface area contributed by atoms with Gasteiger partial charge in [-0.3, -0.25) is 4.79 Å². The molecule has 112 valence electrons. The van der Waals surface area contributed by atoms with Crippen molar-refractivity contribution < 1.29 is 9.32 Å². The molecule has 0 aliphatic rings. The maximum atomic E-state index is 12.1. The second-order valence-electron chi connectivity index (χ2n) is 4.57. The van der Waals surface area contributed by atoms with Crippen LogP contribution in [-0.4, -0.2) is 34.1 Å². The zero-order chi connectivity index (χ0) is 15.2. The van der Waals surface area contributed by atoms with Crippen LogP contribution in [0.15, 0.2) is 28.8 Å². The van der Waals surface area contributed by atoms with Crippen LogP contribution < -0.4 is 11.1 Å². The third-order valence-electron chi connectivity index (χ3n) is 2.91. The first-order chi connectivity index (χ1) is 10.1. The molecule has 7 heteroatoms. The van der Waals surface area contributed by atoms with E-state index in [1.807, 2.05) is 24.5 Å². The van der Waals surface area contributed by atoms with Gasteiger partial charge in [0.25, 0.3) is 5.89 Å². The van der Waals surface area contributed by atoms with Gasteiger partial charge in [-0.1, -0.05) is 17.3 Å². The number of nitrogens with one attached hydrogen (secondary N) is 1. The largest absolute Gasteiger partial charge is 0.334 e. The molecule has 0 aliphatic carbocycles. The Bertz CT molecular complexity index is 615. The van der Waals surface area contributed by atoms with Crippen LogP contribution in [0.25, 0.3) is 11.5 Å². The van der Waals surface area contributed by atoms with Crippen molar-refractivity contribution in [3.8, 4) is 11.5 Å². The third kappa shape index (κ3) is 4.05. The van der Waals surface area contributed by atoms with Crippen LogP contribution in [0, 0.1) is 6.92 Å². The number of anilines is 1. The molecule has 21 heavy (non-hydrogen) atoms. The third-order valence-corrected chi connectivity index (χ3v) is 3.56. The van der Waals surface area contributed by atoms with E-state index in [1.165, 1.54) is 0 Å². The Hall–Kier alpha value is -1.86. The molecule has 1 amide bonds. The first-order valence-electron chi connectivity index (χ1n) is 6.57. The van der Waals surface area contributed by atoms with Crippen LogP contribution in [0.2, 0.25) is 0 Å². The molecule has 0 spiro atoms. The van der Waals surface area contributed by atoms with Gasteiger partial charge in [0.05, 0.1) is 17.3 Å². The summed E-state index contributed by atoms with van der Waals surface area (Å²) < 4.78 is 5.15. The number of aromatic nitrogens is 2. The second-order valence-corrected chi connectivity index (χ2v) is 5.56. The van der Waals surface area contributed by atoms with Gasteiger partial charge >= 0.3 is 0 Å². The number of hydrogen-bond acceptors (Lipinski definition) is 6. The SMILES string of the molecule is CSCC[C@H](N)C(=O)Nc1ccccc1-c1nc(C)no1. The van der Waals surface area contributed by atoms with Gasteiger partial charge in [0.1, 0.15) is 0 Å². The molecule has 2 rings (SSSR count). The van der Waals surface area contributed by atoms with Crippen molar-refractivity contribution in [2.45, 2.75) is 19.4 Å². The van der Waals surface area contributed by atoms with Gasteiger partial charge in [-0.25, -0.2) is 0 Å². The van der Waals surface area contributed by atoms with Crippen molar-refractivity contribution in [3.63, 3.8) is 0 Å². The number of aryl methyl sites for hydroxylation is 1. The van der Waals surface area contributed by atoms with Crippen LogP contribution in [0.1, 0.15) is 12.2 Å². The maximum absolute atomic E-state index is 12.1. The predicted molar refractivity (Wildman–Crippen MR) is 84.1 cm³/mol. The lowest BCUT2D eigenvalue weighted by molar-refractivity contribution is -0.117. The molecule has 0 saturated carbocycles. The molecule has 6 nitrogen and oxygen atoms in total. The predicted octanol–water partition coefficient (Wildman–Crippen LogP) is 2.06. The number of amides is 1. The molecule has 1 aromatic carbocycles.